The van der Waals surface area contributed by atoms with Gasteiger partial charge in [0.2, 0.25) is 5.91 Å². The van der Waals surface area contributed by atoms with E-state index in [2.05, 4.69) is 12.2 Å². The maximum absolute atomic E-state index is 12.3. The average molecular weight is 306 g/mol. The molecule has 0 heterocycles. The third kappa shape index (κ3) is 3.94. The van der Waals surface area contributed by atoms with E-state index in [1.807, 2.05) is 0 Å². The number of hydrogen-bond acceptors (Lipinski definition) is 3. The summed E-state index contributed by atoms with van der Waals surface area (Å²) in [7, 11) is 1.57. The van der Waals surface area contributed by atoms with Crippen molar-refractivity contribution in [1.82, 2.24) is 0 Å². The number of carbonyl (C=O) groups is 1. The Morgan fingerprint density at radius 1 is 1.33 bits per heavy atom. The smallest absolute Gasteiger partial charge is 0.227 e. The van der Waals surface area contributed by atoms with Crippen LogP contribution in [0.2, 0.25) is 0 Å². The fraction of sp³-hybridized carbons (Fsp3) is 0.500. The predicted molar refractivity (Wildman–Crippen MR) is 88.6 cm³/mol. The lowest BCUT2D eigenvalue weighted by Gasteiger charge is -2.25. The second kappa shape index (κ2) is 6.89. The predicted octanol–water partition coefficient (Wildman–Crippen LogP) is 3.09. The zero-order valence-corrected chi connectivity index (χ0v) is 13.3. The number of anilines is 1. The summed E-state index contributed by atoms with van der Waals surface area (Å²) in [4.78, 5) is 12.7. The molecule has 1 aromatic rings. The summed E-state index contributed by atoms with van der Waals surface area (Å²) in [6.07, 6.45) is 4.16. The second-order valence-corrected chi connectivity index (χ2v) is 6.17. The van der Waals surface area contributed by atoms with Crippen molar-refractivity contribution in [2.24, 2.45) is 17.6 Å². The van der Waals surface area contributed by atoms with Gasteiger partial charge in [0.1, 0.15) is 10.7 Å². The molecule has 0 saturated heterocycles. The van der Waals surface area contributed by atoms with Gasteiger partial charge < -0.3 is 15.8 Å². The molecule has 0 spiro atoms. The van der Waals surface area contributed by atoms with Crippen LogP contribution in [0.1, 0.15) is 38.2 Å². The Balaban J connectivity index is 2.08. The Kier molecular flexibility index (Phi) is 5.17. The first kappa shape index (κ1) is 15.8. The first-order valence-electron chi connectivity index (χ1n) is 7.30. The van der Waals surface area contributed by atoms with Gasteiger partial charge >= 0.3 is 0 Å². The molecule has 2 rings (SSSR count). The largest absolute Gasteiger partial charge is 0.495 e. The molecule has 0 bridgehead atoms. The Bertz CT molecular complexity index is 537. The summed E-state index contributed by atoms with van der Waals surface area (Å²) in [5, 5.41) is 2.96. The quantitative estimate of drug-likeness (QED) is 0.839. The second-order valence-electron chi connectivity index (χ2n) is 5.73. The monoisotopic (exact) mass is 306 g/mol. The van der Waals surface area contributed by atoms with Crippen LogP contribution in [0.25, 0.3) is 0 Å². The summed E-state index contributed by atoms with van der Waals surface area (Å²) in [5.74, 6) is 1.48. The molecule has 1 saturated carbocycles. The lowest BCUT2D eigenvalue weighted by molar-refractivity contribution is -0.121. The standard InChI is InChI=1S/C16H22N2O2S/c1-10-3-5-11(6-4-10)16(19)18-13-8-7-12(15(17)21)9-14(13)20-2/h7-11H,3-6H2,1-2H3,(H2,17,21)(H,18,19). The minimum Gasteiger partial charge on any atom is -0.495 e. The summed E-state index contributed by atoms with van der Waals surface area (Å²) >= 11 is 4.95. The van der Waals surface area contributed by atoms with Gasteiger partial charge in [-0.15, -0.1) is 0 Å². The number of ether oxygens (including phenoxy) is 1. The first-order valence-corrected chi connectivity index (χ1v) is 7.70. The molecule has 4 nitrogen and oxygen atoms in total. The number of nitrogens with two attached hydrogens (primary N) is 1. The van der Waals surface area contributed by atoms with Gasteiger partial charge in [0.15, 0.2) is 0 Å². The van der Waals surface area contributed by atoms with Crippen molar-refractivity contribution in [2.45, 2.75) is 32.6 Å². The molecule has 0 atom stereocenters. The highest BCUT2D eigenvalue weighted by Gasteiger charge is 2.24. The number of hydrogen-bond donors (Lipinski definition) is 2. The molecule has 1 aromatic carbocycles. The fourth-order valence-electron chi connectivity index (χ4n) is 2.70. The van der Waals surface area contributed by atoms with Gasteiger partial charge in [-0.2, -0.15) is 0 Å². The highest BCUT2D eigenvalue weighted by atomic mass is 32.1. The molecule has 5 heteroatoms. The van der Waals surface area contributed by atoms with Crippen molar-refractivity contribution in [3.63, 3.8) is 0 Å². The van der Waals surface area contributed by atoms with Crippen LogP contribution >= 0.6 is 12.2 Å². The lowest BCUT2D eigenvalue weighted by Crippen LogP contribution is -2.26. The molecule has 0 unspecified atom stereocenters. The van der Waals surface area contributed by atoms with Gasteiger partial charge in [-0.25, -0.2) is 0 Å². The third-order valence-corrected chi connectivity index (χ3v) is 4.37. The molecule has 1 aliphatic carbocycles. The highest BCUT2D eigenvalue weighted by Crippen LogP contribution is 2.31. The van der Waals surface area contributed by atoms with Crippen molar-refractivity contribution in [1.29, 1.82) is 0 Å². The van der Waals surface area contributed by atoms with Crippen molar-refractivity contribution in [3.05, 3.63) is 23.8 Å². The molecule has 0 aliphatic heterocycles. The number of carbonyl (C=O) groups excluding carboxylic acids is 1. The Morgan fingerprint density at radius 3 is 2.57 bits per heavy atom. The molecule has 1 amide bonds. The van der Waals surface area contributed by atoms with Crippen molar-refractivity contribution in [3.8, 4) is 5.75 Å². The molecule has 0 aromatic heterocycles. The van der Waals surface area contributed by atoms with Gasteiger partial charge in [0, 0.05) is 11.5 Å². The Hall–Kier alpha value is -1.62. The molecular weight excluding hydrogens is 284 g/mol. The number of nitrogens with one attached hydrogen (secondary N) is 1. The molecule has 1 aliphatic rings. The van der Waals surface area contributed by atoms with Crippen LogP contribution in [0.5, 0.6) is 5.75 Å². The summed E-state index contributed by atoms with van der Waals surface area (Å²) in [6, 6.07) is 5.33. The van der Waals surface area contributed by atoms with Crippen LogP contribution in [-0.2, 0) is 4.79 Å². The van der Waals surface area contributed by atoms with Crippen LogP contribution in [0.3, 0.4) is 0 Å². The van der Waals surface area contributed by atoms with Gasteiger partial charge in [-0.3, -0.25) is 4.79 Å². The summed E-state index contributed by atoms with van der Waals surface area (Å²) in [5.41, 5.74) is 7.00. The maximum Gasteiger partial charge on any atom is 0.227 e. The van der Waals surface area contributed by atoms with Gasteiger partial charge in [-0.05, 0) is 49.8 Å². The van der Waals surface area contributed by atoms with Crippen LogP contribution < -0.4 is 15.8 Å². The van der Waals surface area contributed by atoms with E-state index in [-0.39, 0.29) is 11.8 Å². The van der Waals surface area contributed by atoms with E-state index in [1.165, 1.54) is 0 Å². The van der Waals surface area contributed by atoms with E-state index < -0.39 is 0 Å². The summed E-state index contributed by atoms with van der Waals surface area (Å²) in [6.45, 7) is 2.24. The number of methoxy groups -OCH3 is 1. The van der Waals surface area contributed by atoms with Crippen molar-refractivity contribution in [2.75, 3.05) is 12.4 Å². The van der Waals surface area contributed by atoms with Crippen LogP contribution in [0.4, 0.5) is 5.69 Å². The van der Waals surface area contributed by atoms with Crippen LogP contribution in [0.15, 0.2) is 18.2 Å². The normalized spacial score (nSPS) is 21.6. The van der Waals surface area contributed by atoms with E-state index in [4.69, 9.17) is 22.7 Å². The average Bonchev–Trinajstić information content (AvgIpc) is 2.48. The molecular formula is C16H22N2O2S. The van der Waals surface area contributed by atoms with Crippen molar-refractivity contribution >= 4 is 28.8 Å². The fourth-order valence-corrected chi connectivity index (χ4v) is 2.83. The number of benzene rings is 1. The molecule has 21 heavy (non-hydrogen) atoms. The lowest BCUT2D eigenvalue weighted by atomic mass is 9.82. The molecule has 1 fully saturated rings. The molecule has 3 N–H and O–H groups in total. The third-order valence-electron chi connectivity index (χ3n) is 4.13. The highest BCUT2D eigenvalue weighted by molar-refractivity contribution is 7.80. The van der Waals surface area contributed by atoms with Gasteiger partial charge in [-0.1, -0.05) is 19.1 Å². The first-order chi connectivity index (χ1) is 10.0. The minimum atomic E-state index is 0.0725. The van der Waals surface area contributed by atoms with E-state index in [0.29, 0.717) is 16.4 Å². The van der Waals surface area contributed by atoms with E-state index in [0.717, 1.165) is 37.2 Å². The number of amides is 1. The SMILES string of the molecule is COc1cc(C(N)=S)ccc1NC(=O)C1CCC(C)CC1. The summed E-state index contributed by atoms with van der Waals surface area (Å²) < 4.78 is 5.31. The molecule has 114 valence electrons. The van der Waals surface area contributed by atoms with Crippen LogP contribution in [-0.4, -0.2) is 18.0 Å². The van der Waals surface area contributed by atoms with Gasteiger partial charge in [0.25, 0.3) is 0 Å². The zero-order chi connectivity index (χ0) is 15.4. The Morgan fingerprint density at radius 2 is 2.00 bits per heavy atom. The number of thiocarbonyl (C=S) groups is 1. The van der Waals surface area contributed by atoms with Gasteiger partial charge in [0.05, 0.1) is 12.8 Å². The maximum atomic E-state index is 12.3. The minimum absolute atomic E-state index is 0.0725. The van der Waals surface area contributed by atoms with E-state index in [1.54, 1.807) is 25.3 Å². The van der Waals surface area contributed by atoms with E-state index in [9.17, 15) is 4.79 Å². The Labute approximate surface area is 131 Å². The molecule has 0 radical (unpaired) electrons. The van der Waals surface area contributed by atoms with E-state index >= 15 is 0 Å². The topological polar surface area (TPSA) is 64.3 Å². The van der Waals surface area contributed by atoms with Crippen LogP contribution in [0, 0.1) is 11.8 Å². The zero-order valence-electron chi connectivity index (χ0n) is 12.5. The number of rotatable bonds is 4. The van der Waals surface area contributed by atoms with Crippen molar-refractivity contribution < 1.29 is 9.53 Å².